The highest BCUT2D eigenvalue weighted by Crippen LogP contribution is 2.19. The Balaban J connectivity index is 1.93. The molecule has 0 radical (unpaired) electrons. The molecule has 1 fully saturated rings. The van der Waals surface area contributed by atoms with E-state index in [0.29, 0.717) is 12.1 Å². The molecule has 1 N–H and O–H groups in total. The number of pyridine rings is 1. The summed E-state index contributed by atoms with van der Waals surface area (Å²) < 4.78 is 0. The van der Waals surface area contributed by atoms with Crippen molar-refractivity contribution < 1.29 is 0 Å². The number of hydrogen-bond donors (Lipinski definition) is 1. The average molecular weight is 247 g/mol. The van der Waals surface area contributed by atoms with E-state index >= 15 is 0 Å². The molecule has 1 aliphatic heterocycles. The van der Waals surface area contributed by atoms with Crippen molar-refractivity contribution in [1.29, 1.82) is 0 Å². The fourth-order valence-electron chi connectivity index (χ4n) is 2.64. The Kier molecular flexibility index (Phi) is 4.59. The minimum atomic E-state index is 0.594. The van der Waals surface area contributed by atoms with Crippen molar-refractivity contribution in [3.05, 3.63) is 24.0 Å². The lowest BCUT2D eigenvalue weighted by Gasteiger charge is -2.24. The van der Waals surface area contributed by atoms with Gasteiger partial charge in [-0.2, -0.15) is 0 Å². The molecule has 1 saturated heterocycles. The van der Waals surface area contributed by atoms with Crippen molar-refractivity contribution in [2.45, 2.75) is 52.1 Å². The third-order valence-electron chi connectivity index (χ3n) is 3.86. The van der Waals surface area contributed by atoms with Crippen molar-refractivity contribution in [2.75, 3.05) is 18.4 Å². The number of rotatable bonds is 3. The number of aryl methyl sites for hydroxylation is 1. The second-order valence-electron chi connectivity index (χ2n) is 5.54. The Morgan fingerprint density at radius 2 is 2.17 bits per heavy atom. The van der Waals surface area contributed by atoms with E-state index in [4.69, 9.17) is 0 Å². The summed E-state index contributed by atoms with van der Waals surface area (Å²) in [6.45, 7) is 9.09. The van der Waals surface area contributed by atoms with E-state index in [-0.39, 0.29) is 0 Å². The summed E-state index contributed by atoms with van der Waals surface area (Å²) in [6, 6.07) is 5.40. The van der Waals surface area contributed by atoms with Crippen molar-refractivity contribution in [3.63, 3.8) is 0 Å². The van der Waals surface area contributed by atoms with Crippen LogP contribution in [0.1, 0.15) is 38.8 Å². The second kappa shape index (κ2) is 6.19. The van der Waals surface area contributed by atoms with E-state index in [1.54, 1.807) is 0 Å². The van der Waals surface area contributed by atoms with E-state index in [2.05, 4.69) is 42.0 Å². The average Bonchev–Trinajstić information content (AvgIpc) is 2.58. The van der Waals surface area contributed by atoms with Gasteiger partial charge in [0.15, 0.2) is 0 Å². The Bertz CT molecular complexity index is 376. The molecule has 100 valence electrons. The van der Waals surface area contributed by atoms with E-state index in [9.17, 15) is 0 Å². The molecular weight excluding hydrogens is 222 g/mol. The first kappa shape index (κ1) is 13.3. The van der Waals surface area contributed by atoms with Crippen molar-refractivity contribution in [2.24, 2.45) is 0 Å². The van der Waals surface area contributed by atoms with Crippen LogP contribution in [0.3, 0.4) is 0 Å². The molecule has 0 aliphatic carbocycles. The van der Waals surface area contributed by atoms with Crippen LogP contribution >= 0.6 is 0 Å². The van der Waals surface area contributed by atoms with Gasteiger partial charge in [-0.15, -0.1) is 0 Å². The molecule has 18 heavy (non-hydrogen) atoms. The number of anilines is 1. The summed E-state index contributed by atoms with van der Waals surface area (Å²) in [4.78, 5) is 6.92. The third kappa shape index (κ3) is 3.45. The maximum absolute atomic E-state index is 4.34. The molecule has 0 amide bonds. The van der Waals surface area contributed by atoms with Crippen LogP contribution in [0.4, 0.5) is 5.69 Å². The van der Waals surface area contributed by atoms with Gasteiger partial charge in [-0.05, 0) is 58.7 Å². The smallest absolute Gasteiger partial charge is 0.0603 e. The molecule has 0 bridgehead atoms. The van der Waals surface area contributed by atoms with Gasteiger partial charge in [0.1, 0.15) is 0 Å². The first-order valence-corrected chi connectivity index (χ1v) is 7.09. The fraction of sp³-hybridized carbons (Fsp3) is 0.667. The summed E-state index contributed by atoms with van der Waals surface area (Å²) in [6.07, 6.45) is 5.63. The van der Waals surface area contributed by atoms with E-state index in [0.717, 1.165) is 5.69 Å². The molecule has 1 unspecified atom stereocenters. The van der Waals surface area contributed by atoms with Crippen LogP contribution in [0.25, 0.3) is 0 Å². The number of nitrogens with zero attached hydrogens (tertiary/aromatic N) is 2. The van der Waals surface area contributed by atoms with Crippen LogP contribution in [0, 0.1) is 6.92 Å². The summed E-state index contributed by atoms with van der Waals surface area (Å²) in [5.41, 5.74) is 2.29. The van der Waals surface area contributed by atoms with Crippen LogP contribution in [-0.2, 0) is 0 Å². The van der Waals surface area contributed by atoms with Crippen LogP contribution in [-0.4, -0.2) is 35.1 Å². The number of hydrogen-bond acceptors (Lipinski definition) is 3. The molecule has 0 saturated carbocycles. The molecule has 1 aromatic rings. The van der Waals surface area contributed by atoms with Crippen LogP contribution < -0.4 is 5.32 Å². The van der Waals surface area contributed by atoms with Gasteiger partial charge >= 0.3 is 0 Å². The molecule has 0 spiro atoms. The molecule has 2 heterocycles. The maximum atomic E-state index is 4.34. The molecule has 1 atom stereocenters. The molecule has 0 aromatic carbocycles. The van der Waals surface area contributed by atoms with Crippen molar-refractivity contribution in [1.82, 2.24) is 9.88 Å². The zero-order valence-corrected chi connectivity index (χ0v) is 11.8. The Hall–Kier alpha value is -1.09. The van der Waals surface area contributed by atoms with Gasteiger partial charge in [0.25, 0.3) is 0 Å². The van der Waals surface area contributed by atoms with Gasteiger partial charge in [0.2, 0.25) is 0 Å². The van der Waals surface area contributed by atoms with E-state index in [1.807, 2.05) is 12.3 Å². The van der Waals surface area contributed by atoms with Crippen molar-refractivity contribution in [3.8, 4) is 0 Å². The SMILES string of the molecule is Cc1ncccc1NC1CCCN(C(C)C)CC1. The number of aromatic nitrogens is 1. The zero-order chi connectivity index (χ0) is 13.0. The second-order valence-corrected chi connectivity index (χ2v) is 5.54. The molecule has 1 aromatic heterocycles. The highest BCUT2D eigenvalue weighted by atomic mass is 15.1. The first-order chi connectivity index (χ1) is 8.66. The number of likely N-dealkylation sites (tertiary alicyclic amines) is 1. The van der Waals surface area contributed by atoms with E-state index in [1.165, 1.54) is 38.0 Å². The van der Waals surface area contributed by atoms with Gasteiger partial charge < -0.3 is 10.2 Å². The largest absolute Gasteiger partial charge is 0.381 e. The summed E-state index contributed by atoms with van der Waals surface area (Å²) in [5, 5.41) is 3.66. The summed E-state index contributed by atoms with van der Waals surface area (Å²) in [7, 11) is 0. The van der Waals surface area contributed by atoms with Gasteiger partial charge in [-0.25, -0.2) is 0 Å². The maximum Gasteiger partial charge on any atom is 0.0603 e. The van der Waals surface area contributed by atoms with Crippen LogP contribution in [0.2, 0.25) is 0 Å². The highest BCUT2D eigenvalue weighted by Gasteiger charge is 2.18. The van der Waals surface area contributed by atoms with Gasteiger partial charge in [-0.1, -0.05) is 0 Å². The lowest BCUT2D eigenvalue weighted by Crippen LogP contribution is -2.32. The van der Waals surface area contributed by atoms with Gasteiger partial charge in [-0.3, -0.25) is 4.98 Å². The normalized spacial score (nSPS) is 21.9. The topological polar surface area (TPSA) is 28.2 Å². The summed E-state index contributed by atoms with van der Waals surface area (Å²) in [5.74, 6) is 0. The van der Waals surface area contributed by atoms with Crippen LogP contribution in [0.5, 0.6) is 0 Å². The Labute approximate surface area is 111 Å². The molecular formula is C15H25N3. The monoisotopic (exact) mass is 247 g/mol. The lowest BCUT2D eigenvalue weighted by molar-refractivity contribution is 0.230. The third-order valence-corrected chi connectivity index (χ3v) is 3.86. The highest BCUT2D eigenvalue weighted by molar-refractivity contribution is 5.47. The quantitative estimate of drug-likeness (QED) is 0.889. The first-order valence-electron chi connectivity index (χ1n) is 7.09. The minimum Gasteiger partial charge on any atom is -0.381 e. The van der Waals surface area contributed by atoms with Gasteiger partial charge in [0.05, 0.1) is 11.4 Å². The Morgan fingerprint density at radius 3 is 2.89 bits per heavy atom. The molecule has 3 heteroatoms. The Morgan fingerprint density at radius 1 is 1.33 bits per heavy atom. The molecule has 1 aliphatic rings. The lowest BCUT2D eigenvalue weighted by atomic mass is 10.1. The summed E-state index contributed by atoms with van der Waals surface area (Å²) >= 11 is 0. The molecule has 2 rings (SSSR count). The number of nitrogens with one attached hydrogen (secondary N) is 1. The predicted octanol–water partition coefficient (Wildman–Crippen LogP) is 3.06. The van der Waals surface area contributed by atoms with E-state index < -0.39 is 0 Å². The standard InChI is InChI=1S/C15H25N3/c1-12(2)18-10-5-6-14(8-11-18)17-15-7-4-9-16-13(15)3/h4,7,9,12,14,17H,5-6,8,10-11H2,1-3H3. The predicted molar refractivity (Wildman–Crippen MR) is 76.9 cm³/mol. The zero-order valence-electron chi connectivity index (χ0n) is 11.8. The molecule has 3 nitrogen and oxygen atoms in total. The van der Waals surface area contributed by atoms with Gasteiger partial charge in [0, 0.05) is 24.8 Å². The minimum absolute atomic E-state index is 0.594. The van der Waals surface area contributed by atoms with Crippen LogP contribution in [0.15, 0.2) is 18.3 Å². The van der Waals surface area contributed by atoms with Crippen molar-refractivity contribution >= 4 is 5.69 Å². The fourth-order valence-corrected chi connectivity index (χ4v) is 2.64.